The third-order valence-electron chi connectivity index (χ3n) is 3.42. The molecule has 6 nitrogen and oxygen atoms in total. The number of methoxy groups -OCH3 is 1. The number of aliphatic carboxylic acids is 1. The highest BCUT2D eigenvalue weighted by molar-refractivity contribution is 5.83. The third-order valence-corrected chi connectivity index (χ3v) is 3.42. The fourth-order valence-electron chi connectivity index (χ4n) is 2.27. The topological polar surface area (TPSA) is 92.9 Å². The molecule has 1 heterocycles. The first-order valence-corrected chi connectivity index (χ1v) is 6.23. The molecule has 18 heavy (non-hydrogen) atoms. The van der Waals surface area contributed by atoms with Gasteiger partial charge in [0.1, 0.15) is 0 Å². The van der Waals surface area contributed by atoms with E-state index in [0.717, 1.165) is 6.42 Å². The summed E-state index contributed by atoms with van der Waals surface area (Å²) < 4.78 is 4.90. The van der Waals surface area contributed by atoms with E-state index in [2.05, 4.69) is 0 Å². The summed E-state index contributed by atoms with van der Waals surface area (Å²) in [6.45, 7) is 3.18. The van der Waals surface area contributed by atoms with Gasteiger partial charge in [0.05, 0.1) is 12.0 Å². The fraction of sp³-hybridized carbons (Fsp3) is 0.833. The molecule has 0 aliphatic carbocycles. The summed E-state index contributed by atoms with van der Waals surface area (Å²) in [6, 6.07) is -0.556. The van der Waals surface area contributed by atoms with Crippen LogP contribution >= 0.6 is 0 Å². The Hall–Kier alpha value is -1.14. The number of hydrogen-bond acceptors (Lipinski definition) is 4. The van der Waals surface area contributed by atoms with Crippen molar-refractivity contribution in [1.82, 2.24) is 4.90 Å². The first-order valence-electron chi connectivity index (χ1n) is 6.23. The molecule has 1 rings (SSSR count). The number of carboxylic acids is 1. The van der Waals surface area contributed by atoms with Crippen molar-refractivity contribution in [1.29, 1.82) is 0 Å². The predicted molar refractivity (Wildman–Crippen MR) is 66.0 cm³/mol. The summed E-state index contributed by atoms with van der Waals surface area (Å²) in [4.78, 5) is 24.6. The smallest absolute Gasteiger partial charge is 0.308 e. The van der Waals surface area contributed by atoms with Crippen LogP contribution in [-0.4, -0.2) is 54.7 Å². The van der Waals surface area contributed by atoms with E-state index in [1.165, 1.54) is 0 Å². The Labute approximate surface area is 107 Å². The quantitative estimate of drug-likeness (QED) is 0.650. The lowest BCUT2D eigenvalue weighted by atomic mass is 9.99. The minimum atomic E-state index is -0.842. The number of nitrogens with two attached hydrogens (primary N) is 1. The van der Waals surface area contributed by atoms with E-state index in [4.69, 9.17) is 15.6 Å². The molecule has 0 aromatic heterocycles. The van der Waals surface area contributed by atoms with Crippen molar-refractivity contribution < 1.29 is 19.4 Å². The minimum absolute atomic E-state index is 0.0161. The highest BCUT2D eigenvalue weighted by atomic mass is 16.5. The van der Waals surface area contributed by atoms with Gasteiger partial charge < -0.3 is 20.5 Å². The van der Waals surface area contributed by atoms with Crippen molar-refractivity contribution in [2.24, 2.45) is 17.6 Å². The van der Waals surface area contributed by atoms with E-state index >= 15 is 0 Å². The van der Waals surface area contributed by atoms with Gasteiger partial charge in [-0.05, 0) is 18.8 Å². The number of hydrogen-bond donors (Lipinski definition) is 2. The second-order valence-electron chi connectivity index (χ2n) is 4.91. The monoisotopic (exact) mass is 258 g/mol. The minimum Gasteiger partial charge on any atom is -0.481 e. The van der Waals surface area contributed by atoms with Crippen LogP contribution in [0.4, 0.5) is 0 Å². The van der Waals surface area contributed by atoms with E-state index in [-0.39, 0.29) is 18.4 Å². The molecular weight excluding hydrogens is 236 g/mol. The van der Waals surface area contributed by atoms with Crippen LogP contribution in [0.5, 0.6) is 0 Å². The van der Waals surface area contributed by atoms with E-state index in [9.17, 15) is 9.59 Å². The first kappa shape index (κ1) is 14.9. The van der Waals surface area contributed by atoms with Crippen LogP contribution in [-0.2, 0) is 14.3 Å². The molecule has 0 bridgehead atoms. The number of amides is 1. The van der Waals surface area contributed by atoms with E-state index < -0.39 is 17.9 Å². The average molecular weight is 258 g/mol. The van der Waals surface area contributed by atoms with Gasteiger partial charge in [-0.3, -0.25) is 9.59 Å². The maximum absolute atomic E-state index is 12.0. The Bertz CT molecular complexity index is 308. The van der Waals surface area contributed by atoms with Gasteiger partial charge in [-0.25, -0.2) is 0 Å². The molecule has 1 saturated heterocycles. The molecule has 1 amide bonds. The summed E-state index contributed by atoms with van der Waals surface area (Å²) in [6.07, 6.45) is 1.30. The standard InChI is InChI=1S/C12H22N2O4/c1-8-6-14(7-9(8)12(16)17)11(15)10(13)4-3-5-18-2/h8-10H,3-7,13H2,1-2H3,(H,16,17). The van der Waals surface area contributed by atoms with Crippen molar-refractivity contribution in [3.8, 4) is 0 Å². The van der Waals surface area contributed by atoms with Gasteiger partial charge in [-0.1, -0.05) is 6.92 Å². The number of carboxylic acid groups (broad SMARTS) is 1. The van der Waals surface area contributed by atoms with Gasteiger partial charge in [0, 0.05) is 26.8 Å². The Morgan fingerprint density at radius 2 is 2.17 bits per heavy atom. The Kier molecular flexibility index (Phi) is 5.55. The van der Waals surface area contributed by atoms with E-state index in [1.807, 2.05) is 6.92 Å². The highest BCUT2D eigenvalue weighted by Crippen LogP contribution is 2.23. The molecule has 3 unspecified atom stereocenters. The predicted octanol–water partition coefficient (Wildman–Crippen LogP) is -0.0806. The largest absolute Gasteiger partial charge is 0.481 e. The van der Waals surface area contributed by atoms with Crippen molar-refractivity contribution in [3.05, 3.63) is 0 Å². The van der Waals surface area contributed by atoms with Gasteiger partial charge in [0.2, 0.25) is 5.91 Å². The molecule has 0 aromatic carbocycles. The number of carbonyl (C=O) groups excluding carboxylic acids is 1. The SMILES string of the molecule is COCCCC(N)C(=O)N1CC(C)C(C(=O)O)C1. The molecule has 0 spiro atoms. The lowest BCUT2D eigenvalue weighted by molar-refractivity contribution is -0.142. The Morgan fingerprint density at radius 1 is 1.50 bits per heavy atom. The zero-order valence-corrected chi connectivity index (χ0v) is 11.0. The molecule has 1 aliphatic rings. The van der Waals surface area contributed by atoms with Crippen LogP contribution in [0, 0.1) is 11.8 Å². The maximum Gasteiger partial charge on any atom is 0.308 e. The number of likely N-dealkylation sites (tertiary alicyclic amines) is 1. The van der Waals surface area contributed by atoms with Crippen LogP contribution in [0.2, 0.25) is 0 Å². The lowest BCUT2D eigenvalue weighted by Gasteiger charge is -2.20. The molecule has 3 N–H and O–H groups in total. The van der Waals surface area contributed by atoms with Gasteiger partial charge >= 0.3 is 5.97 Å². The summed E-state index contributed by atoms with van der Waals surface area (Å²) in [5.74, 6) is -1.48. The second-order valence-corrected chi connectivity index (χ2v) is 4.91. The van der Waals surface area contributed by atoms with E-state index in [0.29, 0.717) is 19.6 Å². The molecule has 1 fully saturated rings. The summed E-state index contributed by atoms with van der Waals surface area (Å²) in [7, 11) is 1.60. The van der Waals surface area contributed by atoms with Crippen LogP contribution in [0.25, 0.3) is 0 Å². The van der Waals surface area contributed by atoms with Crippen molar-refractivity contribution in [2.45, 2.75) is 25.8 Å². The van der Waals surface area contributed by atoms with E-state index in [1.54, 1.807) is 12.0 Å². The van der Waals surface area contributed by atoms with Gasteiger partial charge in [0.25, 0.3) is 0 Å². The van der Waals surface area contributed by atoms with Crippen LogP contribution in [0.15, 0.2) is 0 Å². The second kappa shape index (κ2) is 6.70. The number of rotatable bonds is 6. The maximum atomic E-state index is 12.0. The van der Waals surface area contributed by atoms with Crippen LogP contribution in [0.3, 0.4) is 0 Å². The summed E-state index contributed by atoms with van der Waals surface area (Å²) in [5, 5.41) is 9.01. The van der Waals surface area contributed by atoms with Gasteiger partial charge in [-0.15, -0.1) is 0 Å². The molecule has 3 atom stereocenters. The number of carbonyl (C=O) groups is 2. The molecule has 0 saturated carbocycles. The molecule has 0 radical (unpaired) electrons. The Balaban J connectivity index is 2.45. The number of nitrogens with zero attached hydrogens (tertiary/aromatic N) is 1. The number of ether oxygens (including phenoxy) is 1. The van der Waals surface area contributed by atoms with Gasteiger partial charge in [0.15, 0.2) is 0 Å². The van der Waals surface area contributed by atoms with Crippen LogP contribution < -0.4 is 5.73 Å². The summed E-state index contributed by atoms with van der Waals surface area (Å²) in [5.41, 5.74) is 5.81. The van der Waals surface area contributed by atoms with Gasteiger partial charge in [-0.2, -0.15) is 0 Å². The Morgan fingerprint density at radius 3 is 2.67 bits per heavy atom. The van der Waals surface area contributed by atoms with Crippen LogP contribution in [0.1, 0.15) is 19.8 Å². The zero-order chi connectivity index (χ0) is 13.7. The molecule has 1 aliphatic heterocycles. The highest BCUT2D eigenvalue weighted by Gasteiger charge is 2.37. The van der Waals surface area contributed by atoms with Crippen molar-refractivity contribution in [3.63, 3.8) is 0 Å². The zero-order valence-electron chi connectivity index (χ0n) is 11.0. The first-order chi connectivity index (χ1) is 8.47. The molecule has 6 heteroatoms. The average Bonchev–Trinajstić information content (AvgIpc) is 2.70. The fourth-order valence-corrected chi connectivity index (χ4v) is 2.27. The molecular formula is C12H22N2O4. The molecule has 0 aromatic rings. The lowest BCUT2D eigenvalue weighted by Crippen LogP contribution is -2.43. The normalized spacial score (nSPS) is 25.2. The third kappa shape index (κ3) is 3.68. The molecule has 104 valence electrons. The van der Waals surface area contributed by atoms with Crippen molar-refractivity contribution >= 4 is 11.9 Å². The van der Waals surface area contributed by atoms with Crippen molar-refractivity contribution in [2.75, 3.05) is 26.8 Å². The summed E-state index contributed by atoms with van der Waals surface area (Å²) >= 11 is 0.